The molecule has 0 fully saturated rings. The smallest absolute Gasteiger partial charge is 0.907 e. The van der Waals surface area contributed by atoms with Crippen LogP contribution in [-0.2, 0) is 0 Å². The standard InChI is InChI=1S/Al.3BO3.3Mg/c;3*2-1(3)4;;;/q+3;3*-3;3*+2. The van der Waals surface area contributed by atoms with Crippen molar-refractivity contribution in [1.82, 2.24) is 0 Å². The van der Waals surface area contributed by atoms with Gasteiger partial charge in [-0.1, -0.05) is 0 Å². The Morgan fingerprint density at radius 1 is 0.375 bits per heavy atom. The Morgan fingerprint density at radius 2 is 0.375 bits per heavy atom. The summed E-state index contributed by atoms with van der Waals surface area (Å²) in [6.45, 7) is 0. The van der Waals surface area contributed by atoms with E-state index in [0.717, 1.165) is 0 Å². The largest absolute Gasteiger partial charge is 3.00 e. The Kier molecular flexibility index (Phi) is 96.5. The van der Waals surface area contributed by atoms with Crippen LogP contribution in [0.3, 0.4) is 0 Å². The van der Waals surface area contributed by atoms with Crippen LogP contribution in [0.4, 0.5) is 0 Å². The van der Waals surface area contributed by atoms with Crippen molar-refractivity contribution in [3.63, 3.8) is 0 Å². The third-order valence-corrected chi connectivity index (χ3v) is 0. The molecular formula is AlB3Mg3O9. The van der Waals surface area contributed by atoms with Gasteiger partial charge in [-0.25, -0.2) is 0 Å². The first kappa shape index (κ1) is 42.8. The molecule has 9 nitrogen and oxygen atoms in total. The van der Waals surface area contributed by atoms with Crippen molar-refractivity contribution >= 4 is 108 Å². The van der Waals surface area contributed by atoms with Gasteiger partial charge in [0.05, 0.1) is 0 Å². The van der Waals surface area contributed by atoms with Crippen molar-refractivity contribution in [2.75, 3.05) is 0 Å². The first-order chi connectivity index (χ1) is 5.20. The van der Waals surface area contributed by atoms with Crippen molar-refractivity contribution in [3.05, 3.63) is 0 Å². The normalized spacial score (nSPS) is 5.06. The molecule has 0 aromatic rings. The minimum Gasteiger partial charge on any atom is -0.907 e. The minimum atomic E-state index is -2.92. The molecule has 0 N–H and O–H groups in total. The van der Waals surface area contributed by atoms with Crippen molar-refractivity contribution in [3.8, 4) is 0 Å². The number of hydrogen-bond donors (Lipinski definition) is 0. The van der Waals surface area contributed by atoms with E-state index in [1.807, 2.05) is 0 Å². The predicted octanol–water partition coefficient (Wildman–Crippen LogP) is -13.4. The quantitative estimate of drug-likeness (QED) is 0.384. The van der Waals surface area contributed by atoms with E-state index in [9.17, 15) is 0 Å². The average molecular weight is 276 g/mol. The second-order valence-electron chi connectivity index (χ2n) is 0.866. The van der Waals surface area contributed by atoms with Gasteiger partial charge in [0.2, 0.25) is 0 Å². The van der Waals surface area contributed by atoms with Crippen molar-refractivity contribution in [2.24, 2.45) is 0 Å². The summed E-state index contributed by atoms with van der Waals surface area (Å²) < 4.78 is 0. The SMILES string of the molecule is [Al+3].[Mg+2].[Mg+2].[Mg+2].[O-]B([O-])[O-].[O-]B([O-])[O-].[O-]B([O-])[O-]. The van der Waals surface area contributed by atoms with Gasteiger partial charge in [0.25, 0.3) is 0 Å². The van der Waals surface area contributed by atoms with Crippen molar-refractivity contribution in [2.45, 2.75) is 0 Å². The van der Waals surface area contributed by atoms with E-state index in [-0.39, 0.29) is 86.5 Å². The van der Waals surface area contributed by atoms with E-state index in [1.165, 1.54) is 0 Å². The van der Waals surface area contributed by atoms with Crippen LogP contribution < -0.4 is 45.2 Å². The van der Waals surface area contributed by atoms with Crippen LogP contribution in [0, 0.1) is 0 Å². The Morgan fingerprint density at radius 3 is 0.375 bits per heavy atom. The monoisotopic (exact) mass is 276 g/mol. The van der Waals surface area contributed by atoms with Gasteiger partial charge in [0.1, 0.15) is 0 Å². The summed E-state index contributed by atoms with van der Waals surface area (Å²) in [5, 5.41) is 75.8. The fourth-order valence-electron chi connectivity index (χ4n) is 0. The Labute approximate surface area is 152 Å². The molecule has 0 atom stereocenters. The molecule has 0 aromatic carbocycles. The van der Waals surface area contributed by atoms with E-state index in [1.54, 1.807) is 0 Å². The predicted molar refractivity (Wildman–Crippen MR) is 40.3 cm³/mol. The van der Waals surface area contributed by atoms with Crippen molar-refractivity contribution in [1.29, 1.82) is 0 Å². The van der Waals surface area contributed by atoms with E-state index >= 15 is 0 Å². The topological polar surface area (TPSA) is 208 Å². The third kappa shape index (κ3) is 575. The van der Waals surface area contributed by atoms with Gasteiger partial charge in [-0.3, -0.25) is 22.0 Å². The zero-order valence-electron chi connectivity index (χ0n) is 8.10. The van der Waals surface area contributed by atoms with E-state index < -0.39 is 22.0 Å². The maximum atomic E-state index is 8.42. The van der Waals surface area contributed by atoms with Crippen molar-refractivity contribution < 1.29 is 45.2 Å². The van der Waals surface area contributed by atoms with E-state index in [2.05, 4.69) is 0 Å². The van der Waals surface area contributed by atoms with E-state index in [0.29, 0.717) is 0 Å². The first-order valence-corrected chi connectivity index (χ1v) is 2.12. The summed E-state index contributed by atoms with van der Waals surface area (Å²) in [6.07, 6.45) is 0. The summed E-state index contributed by atoms with van der Waals surface area (Å²) in [6, 6.07) is 0. The molecule has 0 radical (unpaired) electrons. The van der Waals surface area contributed by atoms with Crippen LogP contribution in [-0.4, -0.2) is 108 Å². The summed E-state index contributed by atoms with van der Waals surface area (Å²) in [5.41, 5.74) is 0. The Balaban J connectivity index is -0.0000000135. The molecule has 0 saturated carbocycles. The van der Waals surface area contributed by atoms with Crippen LogP contribution in [0.1, 0.15) is 0 Å². The minimum absolute atomic E-state index is 0. The maximum Gasteiger partial charge on any atom is 3.00 e. The molecule has 0 aliphatic carbocycles. The second-order valence-corrected chi connectivity index (χ2v) is 0.866. The first-order valence-electron chi connectivity index (χ1n) is 2.12. The molecule has 0 saturated heterocycles. The summed E-state index contributed by atoms with van der Waals surface area (Å²) in [7, 11) is -8.75. The molecule has 0 bridgehead atoms. The van der Waals surface area contributed by atoms with Crippen LogP contribution in [0.15, 0.2) is 0 Å². The van der Waals surface area contributed by atoms with Crippen LogP contribution in [0.25, 0.3) is 0 Å². The molecule has 0 spiro atoms. The van der Waals surface area contributed by atoms with Crippen LogP contribution in [0.5, 0.6) is 0 Å². The number of rotatable bonds is 0. The van der Waals surface area contributed by atoms with Gasteiger partial charge < -0.3 is 45.2 Å². The van der Waals surface area contributed by atoms with Gasteiger partial charge in [-0.2, -0.15) is 0 Å². The van der Waals surface area contributed by atoms with E-state index in [4.69, 9.17) is 45.2 Å². The molecule has 0 rings (SSSR count). The molecule has 16 heavy (non-hydrogen) atoms. The number of hydrogen-bond acceptors (Lipinski definition) is 9. The molecule has 16 heteroatoms. The molecule has 0 aromatic heterocycles. The summed E-state index contributed by atoms with van der Waals surface area (Å²) in [5.74, 6) is 0. The third-order valence-electron chi connectivity index (χ3n) is 0. The summed E-state index contributed by atoms with van der Waals surface area (Å²) in [4.78, 5) is 0. The zero-order valence-corrected chi connectivity index (χ0v) is 13.5. The van der Waals surface area contributed by atoms with Gasteiger partial charge in [0, 0.05) is 0 Å². The molecule has 72 valence electrons. The molecule has 0 unspecified atom stereocenters. The zero-order chi connectivity index (χ0) is 10.7. The average Bonchev–Trinajstić information content (AvgIpc) is 1.54. The van der Waals surface area contributed by atoms with Gasteiger partial charge in [-0.15, -0.1) is 0 Å². The second kappa shape index (κ2) is 36.1. The molecule has 0 aliphatic rings. The molecular weight excluding hydrogens is 276 g/mol. The Bertz CT molecular complexity index is 54.5. The van der Waals surface area contributed by atoms with Crippen LogP contribution in [0.2, 0.25) is 0 Å². The molecule has 0 aliphatic heterocycles. The van der Waals surface area contributed by atoms with Crippen LogP contribution >= 0.6 is 0 Å². The summed E-state index contributed by atoms with van der Waals surface area (Å²) >= 11 is 0. The van der Waals surface area contributed by atoms with Gasteiger partial charge in [-0.05, 0) is 0 Å². The van der Waals surface area contributed by atoms with Gasteiger partial charge >= 0.3 is 86.5 Å². The van der Waals surface area contributed by atoms with Gasteiger partial charge in [0.15, 0.2) is 0 Å². The molecule has 0 amide bonds. The maximum absolute atomic E-state index is 8.42. The fourth-order valence-corrected chi connectivity index (χ4v) is 0. The Hall–Kier alpha value is 2.67. The molecule has 0 heterocycles. The fraction of sp³-hybridized carbons (Fsp3) is 0.